The van der Waals surface area contributed by atoms with E-state index in [-0.39, 0.29) is 0 Å². The molecule has 0 spiro atoms. The molecule has 0 fully saturated rings. The fourth-order valence-electron chi connectivity index (χ4n) is 1.06. The van der Waals surface area contributed by atoms with Crippen molar-refractivity contribution in [2.75, 3.05) is 0 Å². The van der Waals surface area contributed by atoms with E-state index in [2.05, 4.69) is 6.58 Å². The predicted octanol–water partition coefficient (Wildman–Crippen LogP) is 2.52. The van der Waals surface area contributed by atoms with Crippen LogP contribution < -0.4 is 0 Å². The van der Waals surface area contributed by atoms with Crippen molar-refractivity contribution in [3.05, 3.63) is 42.0 Å². The number of aliphatic carboxylic acids is 1. The molecule has 1 atom stereocenters. The average molecular weight is 176 g/mol. The Kier molecular flexibility index (Phi) is 2.85. The van der Waals surface area contributed by atoms with Gasteiger partial charge in [-0.05, 0) is 18.1 Å². The smallest absolute Gasteiger partial charge is 0.310 e. The zero-order valence-corrected chi connectivity index (χ0v) is 7.53. The van der Waals surface area contributed by atoms with E-state index in [1.165, 1.54) is 0 Å². The highest BCUT2D eigenvalue weighted by molar-refractivity contribution is 5.75. The summed E-state index contributed by atoms with van der Waals surface area (Å²) in [5.41, 5.74) is 1.82. The standard InChI is InChI=1S/C11H12O2/c1-3-9-4-6-10(7-5-9)8(2)11(12)13/h3-8H,1H2,2H3,(H,12,13). The number of hydrogen-bond donors (Lipinski definition) is 1. The fourth-order valence-corrected chi connectivity index (χ4v) is 1.06. The summed E-state index contributed by atoms with van der Waals surface area (Å²) in [4.78, 5) is 10.6. The zero-order chi connectivity index (χ0) is 9.84. The van der Waals surface area contributed by atoms with Crippen LogP contribution in [0, 0.1) is 0 Å². The molecule has 1 unspecified atom stereocenters. The van der Waals surface area contributed by atoms with Crippen LogP contribution in [0.15, 0.2) is 30.8 Å². The van der Waals surface area contributed by atoms with E-state index in [0.717, 1.165) is 11.1 Å². The van der Waals surface area contributed by atoms with Crippen LogP contribution in [-0.2, 0) is 4.79 Å². The lowest BCUT2D eigenvalue weighted by molar-refractivity contribution is -0.138. The van der Waals surface area contributed by atoms with E-state index in [1.807, 2.05) is 24.3 Å². The highest BCUT2D eigenvalue weighted by atomic mass is 16.4. The Hall–Kier alpha value is -1.57. The lowest BCUT2D eigenvalue weighted by Crippen LogP contribution is -2.06. The Morgan fingerprint density at radius 2 is 2.00 bits per heavy atom. The molecule has 0 radical (unpaired) electrons. The van der Waals surface area contributed by atoms with Crippen LogP contribution in [0.25, 0.3) is 6.08 Å². The van der Waals surface area contributed by atoms with Gasteiger partial charge in [-0.2, -0.15) is 0 Å². The van der Waals surface area contributed by atoms with Gasteiger partial charge in [0.15, 0.2) is 0 Å². The number of carboxylic acid groups (broad SMARTS) is 1. The van der Waals surface area contributed by atoms with Crippen LogP contribution in [-0.4, -0.2) is 11.1 Å². The first kappa shape index (κ1) is 9.52. The van der Waals surface area contributed by atoms with Crippen LogP contribution in [0.1, 0.15) is 24.0 Å². The topological polar surface area (TPSA) is 37.3 Å². The normalized spacial score (nSPS) is 12.1. The Balaban J connectivity index is 2.91. The molecule has 0 aromatic heterocycles. The van der Waals surface area contributed by atoms with Gasteiger partial charge in [0.05, 0.1) is 5.92 Å². The molecule has 0 heterocycles. The maximum Gasteiger partial charge on any atom is 0.310 e. The number of benzene rings is 1. The largest absolute Gasteiger partial charge is 0.481 e. The monoisotopic (exact) mass is 176 g/mol. The molecule has 0 saturated heterocycles. The van der Waals surface area contributed by atoms with Crippen molar-refractivity contribution in [3.63, 3.8) is 0 Å². The fraction of sp³-hybridized carbons (Fsp3) is 0.182. The third-order valence-corrected chi connectivity index (χ3v) is 2.04. The Morgan fingerprint density at radius 3 is 2.38 bits per heavy atom. The van der Waals surface area contributed by atoms with Crippen LogP contribution in [0.2, 0.25) is 0 Å². The third-order valence-electron chi connectivity index (χ3n) is 2.04. The van der Waals surface area contributed by atoms with Crippen LogP contribution >= 0.6 is 0 Å². The van der Waals surface area contributed by atoms with Gasteiger partial charge in [0, 0.05) is 0 Å². The zero-order valence-electron chi connectivity index (χ0n) is 7.53. The van der Waals surface area contributed by atoms with Crippen LogP contribution in [0.3, 0.4) is 0 Å². The van der Waals surface area contributed by atoms with E-state index >= 15 is 0 Å². The minimum absolute atomic E-state index is 0.445. The minimum atomic E-state index is -0.800. The Labute approximate surface area is 77.5 Å². The molecule has 0 saturated carbocycles. The summed E-state index contributed by atoms with van der Waals surface area (Å²) in [6.45, 7) is 5.30. The van der Waals surface area contributed by atoms with Crippen LogP contribution in [0.4, 0.5) is 0 Å². The molecule has 68 valence electrons. The molecule has 1 aromatic rings. The maximum absolute atomic E-state index is 10.6. The molecule has 1 rings (SSSR count). The highest BCUT2D eigenvalue weighted by Crippen LogP contribution is 2.16. The predicted molar refractivity (Wildman–Crippen MR) is 52.6 cm³/mol. The summed E-state index contributed by atoms with van der Waals surface area (Å²) in [6.07, 6.45) is 1.73. The molecular weight excluding hydrogens is 164 g/mol. The van der Waals surface area contributed by atoms with Gasteiger partial charge >= 0.3 is 5.97 Å². The van der Waals surface area contributed by atoms with Crippen molar-refractivity contribution in [3.8, 4) is 0 Å². The van der Waals surface area contributed by atoms with Gasteiger partial charge in [-0.1, -0.05) is 36.9 Å². The second kappa shape index (κ2) is 3.90. The first-order valence-electron chi connectivity index (χ1n) is 4.10. The van der Waals surface area contributed by atoms with Gasteiger partial charge in [0.2, 0.25) is 0 Å². The SMILES string of the molecule is C=Cc1ccc(C(C)C(=O)O)cc1. The molecule has 1 aromatic carbocycles. The van der Waals surface area contributed by atoms with E-state index in [1.54, 1.807) is 13.0 Å². The summed E-state index contributed by atoms with van der Waals surface area (Å²) in [5.74, 6) is -1.25. The quantitative estimate of drug-likeness (QED) is 0.768. The van der Waals surface area contributed by atoms with Crippen molar-refractivity contribution in [2.45, 2.75) is 12.8 Å². The van der Waals surface area contributed by atoms with Crippen molar-refractivity contribution in [1.82, 2.24) is 0 Å². The minimum Gasteiger partial charge on any atom is -0.481 e. The first-order valence-corrected chi connectivity index (χ1v) is 4.10. The Bertz CT molecular complexity index is 311. The molecule has 2 heteroatoms. The molecule has 2 nitrogen and oxygen atoms in total. The molecule has 0 aliphatic heterocycles. The molecule has 1 N–H and O–H groups in total. The summed E-state index contributed by atoms with van der Waals surface area (Å²) < 4.78 is 0. The van der Waals surface area contributed by atoms with Crippen molar-refractivity contribution in [1.29, 1.82) is 0 Å². The van der Waals surface area contributed by atoms with Gasteiger partial charge in [-0.3, -0.25) is 4.79 Å². The van der Waals surface area contributed by atoms with Gasteiger partial charge in [-0.25, -0.2) is 0 Å². The van der Waals surface area contributed by atoms with E-state index in [0.29, 0.717) is 0 Å². The lowest BCUT2D eigenvalue weighted by atomic mass is 10.0. The number of hydrogen-bond acceptors (Lipinski definition) is 1. The van der Waals surface area contributed by atoms with Crippen molar-refractivity contribution < 1.29 is 9.90 Å². The average Bonchev–Trinajstić information content (AvgIpc) is 2.17. The first-order chi connectivity index (χ1) is 6.15. The van der Waals surface area contributed by atoms with E-state index in [9.17, 15) is 4.79 Å². The second-order valence-corrected chi connectivity index (χ2v) is 2.93. The number of carboxylic acids is 1. The lowest BCUT2D eigenvalue weighted by Gasteiger charge is -2.05. The molecule has 0 aliphatic carbocycles. The van der Waals surface area contributed by atoms with Gasteiger partial charge in [-0.15, -0.1) is 0 Å². The Morgan fingerprint density at radius 1 is 1.46 bits per heavy atom. The third kappa shape index (κ3) is 2.18. The van der Waals surface area contributed by atoms with E-state index < -0.39 is 11.9 Å². The molecule has 0 bridgehead atoms. The summed E-state index contributed by atoms with van der Waals surface area (Å²) in [5, 5.41) is 8.74. The number of carbonyl (C=O) groups is 1. The highest BCUT2D eigenvalue weighted by Gasteiger charge is 2.12. The molecular formula is C11H12O2. The van der Waals surface area contributed by atoms with Gasteiger partial charge in [0.25, 0.3) is 0 Å². The van der Waals surface area contributed by atoms with Crippen molar-refractivity contribution in [2.24, 2.45) is 0 Å². The summed E-state index contributed by atoms with van der Waals surface area (Å²) in [6, 6.07) is 7.36. The maximum atomic E-state index is 10.6. The van der Waals surface area contributed by atoms with Gasteiger partial charge in [0.1, 0.15) is 0 Å². The van der Waals surface area contributed by atoms with Crippen molar-refractivity contribution >= 4 is 12.0 Å². The summed E-state index contributed by atoms with van der Waals surface area (Å²) in [7, 11) is 0. The molecule has 13 heavy (non-hydrogen) atoms. The van der Waals surface area contributed by atoms with Crippen LogP contribution in [0.5, 0.6) is 0 Å². The number of rotatable bonds is 3. The summed E-state index contributed by atoms with van der Waals surface area (Å²) >= 11 is 0. The second-order valence-electron chi connectivity index (χ2n) is 2.93. The molecule has 0 aliphatic rings. The van der Waals surface area contributed by atoms with Gasteiger partial charge < -0.3 is 5.11 Å². The van der Waals surface area contributed by atoms with E-state index in [4.69, 9.17) is 5.11 Å². The molecule has 0 amide bonds.